The molecule has 1 amide bonds. The van der Waals surface area contributed by atoms with Crippen LogP contribution in [0, 0.1) is 0 Å². The minimum atomic E-state index is -0.920. The molecular weight excluding hydrogens is 430 g/mol. The van der Waals surface area contributed by atoms with E-state index in [0.717, 1.165) is 59.4 Å². The van der Waals surface area contributed by atoms with Crippen LogP contribution in [0.15, 0.2) is 36.4 Å². The van der Waals surface area contributed by atoms with Crippen molar-refractivity contribution in [2.45, 2.75) is 70.4 Å². The van der Waals surface area contributed by atoms with Crippen LogP contribution in [-0.4, -0.2) is 39.9 Å². The van der Waals surface area contributed by atoms with Gasteiger partial charge in [0.1, 0.15) is 5.82 Å². The number of carbonyl (C=O) groups excluding carboxylic acids is 1. The normalized spacial score (nSPS) is 18.6. The molecule has 2 heterocycles. The Morgan fingerprint density at radius 2 is 1.85 bits per heavy atom. The van der Waals surface area contributed by atoms with Gasteiger partial charge in [0.2, 0.25) is 0 Å². The fourth-order valence-corrected chi connectivity index (χ4v) is 5.75. The van der Waals surface area contributed by atoms with Crippen LogP contribution in [0.25, 0.3) is 11.0 Å². The number of methoxy groups -OCH3 is 1. The molecule has 0 bridgehead atoms. The van der Waals surface area contributed by atoms with Crippen molar-refractivity contribution in [1.82, 2.24) is 9.55 Å². The number of carboxylic acids is 1. The van der Waals surface area contributed by atoms with E-state index < -0.39 is 5.97 Å². The maximum Gasteiger partial charge on any atom is 0.414 e. The smallest absolute Gasteiger partial charge is 0.414 e. The molecule has 7 nitrogen and oxygen atoms in total. The number of imidazole rings is 1. The lowest BCUT2D eigenvalue weighted by molar-refractivity contribution is 0.0695. The van der Waals surface area contributed by atoms with Crippen molar-refractivity contribution >= 4 is 28.8 Å². The molecule has 0 radical (unpaired) electrons. The van der Waals surface area contributed by atoms with Gasteiger partial charge < -0.3 is 14.4 Å². The number of hydrogen-bond acceptors (Lipinski definition) is 4. The maximum absolute atomic E-state index is 12.6. The van der Waals surface area contributed by atoms with Crippen LogP contribution in [-0.2, 0) is 17.6 Å². The highest BCUT2D eigenvalue weighted by molar-refractivity contribution is 5.95. The Kier molecular flexibility index (Phi) is 6.02. The van der Waals surface area contributed by atoms with Gasteiger partial charge in [-0.15, -0.1) is 0 Å². The highest BCUT2D eigenvalue weighted by Gasteiger charge is 2.32. The molecule has 1 aromatic heterocycles. The van der Waals surface area contributed by atoms with Crippen molar-refractivity contribution in [2.75, 3.05) is 12.0 Å². The van der Waals surface area contributed by atoms with Gasteiger partial charge in [0.25, 0.3) is 0 Å². The lowest BCUT2D eigenvalue weighted by atomic mass is 9.94. The van der Waals surface area contributed by atoms with Crippen molar-refractivity contribution in [3.05, 3.63) is 58.9 Å². The van der Waals surface area contributed by atoms with Crippen molar-refractivity contribution in [1.29, 1.82) is 0 Å². The Hall–Kier alpha value is -3.35. The highest BCUT2D eigenvalue weighted by atomic mass is 16.5. The van der Waals surface area contributed by atoms with Crippen molar-refractivity contribution in [2.24, 2.45) is 0 Å². The fraction of sp³-hybridized carbons (Fsp3) is 0.444. The number of aryl methyl sites for hydroxylation is 1. The van der Waals surface area contributed by atoms with Gasteiger partial charge in [0.15, 0.2) is 0 Å². The molecule has 1 saturated carbocycles. The quantitative estimate of drug-likeness (QED) is 0.536. The van der Waals surface area contributed by atoms with Gasteiger partial charge in [-0.25, -0.2) is 14.6 Å². The average Bonchev–Trinajstić information content (AvgIpc) is 3.22. The summed E-state index contributed by atoms with van der Waals surface area (Å²) in [5.74, 6) is -0.0248. The van der Waals surface area contributed by atoms with E-state index in [0.29, 0.717) is 18.0 Å². The third kappa shape index (κ3) is 3.83. The fourth-order valence-electron chi connectivity index (χ4n) is 5.75. The summed E-state index contributed by atoms with van der Waals surface area (Å²) < 4.78 is 7.43. The molecule has 0 saturated heterocycles. The van der Waals surface area contributed by atoms with E-state index in [1.54, 1.807) is 17.0 Å². The van der Waals surface area contributed by atoms with E-state index in [1.165, 1.54) is 26.4 Å². The zero-order chi connectivity index (χ0) is 23.8. The molecule has 2 aromatic carbocycles. The zero-order valence-corrected chi connectivity index (χ0v) is 19.8. The minimum Gasteiger partial charge on any atom is -0.478 e. The maximum atomic E-state index is 12.6. The summed E-state index contributed by atoms with van der Waals surface area (Å²) in [6, 6.07) is 11.7. The predicted octanol–water partition coefficient (Wildman–Crippen LogP) is 5.74. The van der Waals surface area contributed by atoms with Crippen LogP contribution in [0.4, 0.5) is 10.5 Å². The van der Waals surface area contributed by atoms with Crippen molar-refractivity contribution < 1.29 is 19.4 Å². The molecule has 1 N–H and O–H groups in total. The number of nitrogens with zero attached hydrogens (tertiary/aromatic N) is 3. The topological polar surface area (TPSA) is 84.7 Å². The second kappa shape index (κ2) is 9.12. The van der Waals surface area contributed by atoms with Crippen LogP contribution in [0.2, 0.25) is 0 Å². The molecule has 5 rings (SSSR count). The van der Waals surface area contributed by atoms with E-state index >= 15 is 0 Å². The number of carboxylic acid groups (broad SMARTS) is 1. The van der Waals surface area contributed by atoms with Gasteiger partial charge in [0, 0.05) is 24.1 Å². The van der Waals surface area contributed by atoms with E-state index in [1.807, 2.05) is 25.1 Å². The van der Waals surface area contributed by atoms with Gasteiger partial charge in [0.05, 0.1) is 29.4 Å². The highest BCUT2D eigenvalue weighted by Crippen LogP contribution is 2.39. The van der Waals surface area contributed by atoms with Crippen LogP contribution < -0.4 is 4.90 Å². The van der Waals surface area contributed by atoms with E-state index in [9.17, 15) is 14.7 Å². The molecule has 1 aliphatic carbocycles. The number of anilines is 1. The third-order valence-electron chi connectivity index (χ3n) is 7.44. The number of aromatic carboxylic acids is 1. The summed E-state index contributed by atoms with van der Waals surface area (Å²) in [6.07, 6.45) is 7.62. The van der Waals surface area contributed by atoms with Gasteiger partial charge >= 0.3 is 12.1 Å². The number of carbonyl (C=O) groups is 2. The van der Waals surface area contributed by atoms with Gasteiger partial charge in [-0.05, 0) is 56.4 Å². The standard InChI is InChI=1S/C27H31N3O4/c1-17-12-13-21-22(29(17)27(33)34-2)14-15-23-25(21)28-24(30(23)19-9-4-3-5-10-19)16-18-8-6-7-11-20(18)26(31)32/h6-8,11,14-15,17,19H,3-5,9-10,12-13,16H2,1-2H3,(H,31,32). The molecule has 1 unspecified atom stereocenters. The van der Waals surface area contributed by atoms with Gasteiger partial charge in [-0.1, -0.05) is 37.5 Å². The summed E-state index contributed by atoms with van der Waals surface area (Å²) in [6.45, 7) is 2.04. The molecule has 1 aliphatic heterocycles. The van der Waals surface area contributed by atoms with Gasteiger partial charge in [-0.2, -0.15) is 0 Å². The molecule has 1 fully saturated rings. The first-order valence-electron chi connectivity index (χ1n) is 12.2. The second-order valence-electron chi connectivity index (χ2n) is 9.49. The minimum absolute atomic E-state index is 0.0553. The molecule has 2 aliphatic rings. The molecule has 178 valence electrons. The third-order valence-corrected chi connectivity index (χ3v) is 7.44. The summed E-state index contributed by atoms with van der Waals surface area (Å²) in [4.78, 5) is 31.3. The van der Waals surface area contributed by atoms with Crippen LogP contribution in [0.1, 0.15) is 78.8 Å². The van der Waals surface area contributed by atoms with Gasteiger partial charge in [-0.3, -0.25) is 4.90 Å². The summed E-state index contributed by atoms with van der Waals surface area (Å²) in [7, 11) is 1.41. The summed E-state index contributed by atoms with van der Waals surface area (Å²) in [5.41, 5.74) is 5.02. The van der Waals surface area contributed by atoms with E-state index in [-0.39, 0.29) is 12.1 Å². The van der Waals surface area contributed by atoms with E-state index in [2.05, 4.69) is 10.6 Å². The number of ether oxygens (including phenoxy) is 1. The molecule has 1 atom stereocenters. The summed E-state index contributed by atoms with van der Waals surface area (Å²) in [5, 5.41) is 9.71. The monoisotopic (exact) mass is 461 g/mol. The SMILES string of the molecule is COC(=O)N1c2ccc3c(nc(Cc4ccccc4C(=O)O)n3C3CCCCC3)c2CCC1C. The van der Waals surface area contributed by atoms with Crippen LogP contribution in [0.5, 0.6) is 0 Å². The van der Waals surface area contributed by atoms with E-state index in [4.69, 9.17) is 9.72 Å². The summed E-state index contributed by atoms with van der Waals surface area (Å²) >= 11 is 0. The van der Waals surface area contributed by atoms with Crippen LogP contribution >= 0.6 is 0 Å². The molecule has 7 heteroatoms. The first kappa shape index (κ1) is 22.4. The predicted molar refractivity (Wildman–Crippen MR) is 131 cm³/mol. The Morgan fingerprint density at radius 3 is 2.59 bits per heavy atom. The number of aromatic nitrogens is 2. The molecule has 3 aromatic rings. The Morgan fingerprint density at radius 1 is 1.09 bits per heavy atom. The van der Waals surface area contributed by atoms with Crippen molar-refractivity contribution in [3.63, 3.8) is 0 Å². The number of fused-ring (bicyclic) bond motifs is 3. The number of benzene rings is 2. The number of rotatable bonds is 4. The second-order valence-corrected chi connectivity index (χ2v) is 9.49. The number of hydrogen-bond donors (Lipinski definition) is 1. The lowest BCUT2D eigenvalue weighted by Gasteiger charge is -2.34. The number of amides is 1. The molecule has 34 heavy (non-hydrogen) atoms. The Bertz CT molecular complexity index is 1240. The average molecular weight is 462 g/mol. The first-order valence-corrected chi connectivity index (χ1v) is 12.2. The Balaban J connectivity index is 1.67. The largest absolute Gasteiger partial charge is 0.478 e. The van der Waals surface area contributed by atoms with Crippen LogP contribution in [0.3, 0.4) is 0 Å². The lowest BCUT2D eigenvalue weighted by Crippen LogP contribution is -2.42. The zero-order valence-electron chi connectivity index (χ0n) is 19.8. The molecular formula is C27H31N3O4. The first-order chi connectivity index (χ1) is 16.5. The van der Waals surface area contributed by atoms with Crippen molar-refractivity contribution in [3.8, 4) is 0 Å². The molecule has 0 spiro atoms. The Labute approximate surface area is 199 Å².